The molecule has 3 N–H and O–H groups in total. The summed E-state index contributed by atoms with van der Waals surface area (Å²) in [6.45, 7) is 2.66. The number of pyridine rings is 1. The van der Waals surface area contributed by atoms with E-state index in [0.717, 1.165) is 17.5 Å². The van der Waals surface area contributed by atoms with Crippen molar-refractivity contribution in [1.29, 1.82) is 0 Å². The van der Waals surface area contributed by atoms with Gasteiger partial charge in [0.15, 0.2) is 0 Å². The summed E-state index contributed by atoms with van der Waals surface area (Å²) in [7, 11) is -4.26. The Balaban J connectivity index is 1.34. The van der Waals surface area contributed by atoms with Gasteiger partial charge in [-0.25, -0.2) is 4.98 Å². The molecule has 1 aliphatic rings. The molecule has 0 atom stereocenters. The fourth-order valence-corrected chi connectivity index (χ4v) is 5.23. The predicted octanol–water partition coefficient (Wildman–Crippen LogP) is 3.39. The van der Waals surface area contributed by atoms with Gasteiger partial charge in [-0.15, -0.1) is 11.3 Å². The summed E-state index contributed by atoms with van der Waals surface area (Å²) in [5, 5.41) is 13.7. The Morgan fingerprint density at radius 2 is 2.14 bits per heavy atom. The molecule has 14 heteroatoms. The number of carbonyl (C=O) groups excluding carboxylic acids is 1. The van der Waals surface area contributed by atoms with Crippen LogP contribution in [0.1, 0.15) is 36.3 Å². The number of nitrogens with zero attached hydrogens (tertiary/aromatic N) is 6. The molecule has 0 radical (unpaired) electrons. The van der Waals surface area contributed by atoms with Crippen LogP contribution in [0.15, 0.2) is 48.4 Å². The molecule has 1 amide bonds. The van der Waals surface area contributed by atoms with Crippen molar-refractivity contribution in [2.24, 2.45) is 0 Å². The Morgan fingerprint density at radius 3 is 2.86 bits per heavy atom. The summed E-state index contributed by atoms with van der Waals surface area (Å²) in [5.74, 6) is -0.405. The molecule has 12 nitrogen and oxygen atoms in total. The normalized spacial score (nSPS) is 17.6. The van der Waals surface area contributed by atoms with Crippen LogP contribution < -0.4 is 5.32 Å². The van der Waals surface area contributed by atoms with Gasteiger partial charge in [0.2, 0.25) is 0 Å². The SMILES string of the molecule is CCOC1CC(n2cc(NC(=O)c3csc(-c4cnn(CP(=O)(O)O)c4)n3)c(-c3ccccn3)n2)C1. The summed E-state index contributed by atoms with van der Waals surface area (Å²) in [6, 6.07) is 5.70. The molecule has 0 unspecified atom stereocenters. The molecular weight excluding hydrogens is 505 g/mol. The second kappa shape index (κ2) is 10.0. The number of carbonyl (C=O) groups is 1. The van der Waals surface area contributed by atoms with E-state index in [4.69, 9.17) is 19.6 Å². The molecule has 4 aromatic rings. The van der Waals surface area contributed by atoms with Gasteiger partial charge in [0, 0.05) is 36.1 Å². The van der Waals surface area contributed by atoms with Crippen LogP contribution in [0.25, 0.3) is 22.0 Å². The Morgan fingerprint density at radius 1 is 1.31 bits per heavy atom. The highest BCUT2D eigenvalue weighted by molar-refractivity contribution is 7.50. The molecule has 0 bridgehead atoms. The molecule has 1 aliphatic carbocycles. The van der Waals surface area contributed by atoms with E-state index in [2.05, 4.69) is 20.4 Å². The monoisotopic (exact) mass is 529 g/mol. The van der Waals surface area contributed by atoms with Crippen LogP contribution >= 0.6 is 18.9 Å². The third-order valence-corrected chi connectivity index (χ3v) is 7.23. The topological polar surface area (TPSA) is 157 Å². The van der Waals surface area contributed by atoms with Gasteiger partial charge >= 0.3 is 7.60 Å². The fourth-order valence-electron chi connectivity index (χ4n) is 3.92. The van der Waals surface area contributed by atoms with Crippen LogP contribution in [-0.2, 0) is 15.6 Å². The minimum absolute atomic E-state index is 0.185. The van der Waals surface area contributed by atoms with E-state index < -0.39 is 19.8 Å². The van der Waals surface area contributed by atoms with E-state index in [0.29, 0.717) is 34.3 Å². The average Bonchev–Trinajstić information content (AvgIpc) is 3.55. The third-order valence-electron chi connectivity index (χ3n) is 5.68. The highest BCUT2D eigenvalue weighted by Gasteiger charge is 2.32. The Labute approximate surface area is 210 Å². The summed E-state index contributed by atoms with van der Waals surface area (Å²) >= 11 is 1.23. The smallest absolute Gasteiger partial charge is 0.346 e. The van der Waals surface area contributed by atoms with Crippen LogP contribution in [0.5, 0.6) is 0 Å². The molecule has 188 valence electrons. The van der Waals surface area contributed by atoms with Crippen LogP contribution in [0.4, 0.5) is 5.69 Å². The molecular formula is C22H24N7O5PS. The number of hydrogen-bond acceptors (Lipinski definition) is 8. The number of aromatic nitrogens is 6. The molecule has 4 aromatic heterocycles. The quantitative estimate of drug-likeness (QED) is 0.276. The van der Waals surface area contributed by atoms with Crippen LogP contribution in [0.3, 0.4) is 0 Å². The van der Waals surface area contributed by atoms with Crippen LogP contribution in [-0.4, -0.2) is 57.9 Å². The Kier molecular flexibility index (Phi) is 6.82. The lowest BCUT2D eigenvalue weighted by Gasteiger charge is -2.34. The van der Waals surface area contributed by atoms with Crippen LogP contribution in [0.2, 0.25) is 0 Å². The van der Waals surface area contributed by atoms with E-state index in [9.17, 15) is 9.36 Å². The first kappa shape index (κ1) is 24.5. The summed E-state index contributed by atoms with van der Waals surface area (Å²) in [4.78, 5) is 40.1. The van der Waals surface area contributed by atoms with Crippen molar-refractivity contribution in [2.75, 3.05) is 11.9 Å². The molecule has 0 aromatic carbocycles. The summed E-state index contributed by atoms with van der Waals surface area (Å²) < 4.78 is 19.9. The second-order valence-corrected chi connectivity index (χ2v) is 10.8. The lowest BCUT2D eigenvalue weighted by atomic mass is 9.89. The van der Waals surface area contributed by atoms with Crippen molar-refractivity contribution in [2.45, 2.75) is 38.2 Å². The first-order chi connectivity index (χ1) is 17.3. The Hall–Kier alpha value is -3.22. The number of amides is 1. The largest absolute Gasteiger partial charge is 0.378 e. The van der Waals surface area contributed by atoms with Gasteiger partial charge in [-0.2, -0.15) is 10.2 Å². The molecule has 0 aliphatic heterocycles. The van der Waals surface area contributed by atoms with E-state index >= 15 is 0 Å². The first-order valence-corrected chi connectivity index (χ1v) is 13.9. The highest BCUT2D eigenvalue weighted by Crippen LogP contribution is 2.38. The van der Waals surface area contributed by atoms with Gasteiger partial charge in [-0.05, 0) is 31.9 Å². The molecule has 1 fully saturated rings. The summed E-state index contributed by atoms with van der Waals surface area (Å²) in [6.07, 6.45) is 7.83. The minimum Gasteiger partial charge on any atom is -0.378 e. The van der Waals surface area contributed by atoms with Gasteiger partial charge in [0.1, 0.15) is 22.7 Å². The third kappa shape index (κ3) is 5.45. The first-order valence-electron chi connectivity index (χ1n) is 11.3. The number of hydrogen-bond donors (Lipinski definition) is 3. The Bertz CT molecular complexity index is 1410. The number of rotatable bonds is 9. The molecule has 4 heterocycles. The van der Waals surface area contributed by atoms with Gasteiger partial charge in [0.25, 0.3) is 5.91 Å². The average molecular weight is 530 g/mol. The standard InChI is InChI=1S/C22H24N7O5PS/c1-2-34-16-7-15(8-16)29-11-18(20(27-29)17-5-3-4-6-23-17)25-21(30)19-12-36-22(26-19)14-9-24-28(10-14)13-35(31,32)33/h3-6,9-12,15-16H,2,7-8,13H2,1H3,(H,25,30)(H2,31,32,33). The van der Waals surface area contributed by atoms with E-state index in [1.54, 1.807) is 11.6 Å². The van der Waals surface area contributed by atoms with Crippen molar-refractivity contribution >= 4 is 30.5 Å². The predicted molar refractivity (Wildman–Crippen MR) is 132 cm³/mol. The molecule has 5 rings (SSSR count). The zero-order valence-corrected chi connectivity index (χ0v) is 21.0. The van der Waals surface area contributed by atoms with Gasteiger partial charge in [-0.1, -0.05) is 6.07 Å². The fraction of sp³-hybridized carbons (Fsp3) is 0.318. The number of ether oxygens (including phenoxy) is 1. The van der Waals surface area contributed by atoms with Gasteiger partial charge in [0.05, 0.1) is 29.7 Å². The zero-order chi connectivity index (χ0) is 25.3. The van der Waals surface area contributed by atoms with Crippen molar-refractivity contribution in [3.8, 4) is 22.0 Å². The molecule has 0 saturated heterocycles. The van der Waals surface area contributed by atoms with Crippen molar-refractivity contribution in [1.82, 2.24) is 29.5 Å². The molecule has 0 spiro atoms. The molecule has 1 saturated carbocycles. The maximum Gasteiger partial charge on any atom is 0.346 e. The highest BCUT2D eigenvalue weighted by atomic mass is 32.1. The molecule has 36 heavy (non-hydrogen) atoms. The lowest BCUT2D eigenvalue weighted by molar-refractivity contribution is -0.0226. The van der Waals surface area contributed by atoms with Crippen molar-refractivity contribution in [3.05, 3.63) is 54.1 Å². The maximum absolute atomic E-state index is 13.1. The maximum atomic E-state index is 13.1. The van der Waals surface area contributed by atoms with Crippen molar-refractivity contribution < 1.29 is 23.9 Å². The number of anilines is 1. The van der Waals surface area contributed by atoms with Gasteiger partial charge < -0.3 is 19.8 Å². The summed E-state index contributed by atoms with van der Waals surface area (Å²) in [5.41, 5.74) is 2.50. The van der Waals surface area contributed by atoms with Crippen LogP contribution in [0, 0.1) is 0 Å². The second-order valence-electron chi connectivity index (χ2n) is 8.36. The van der Waals surface area contributed by atoms with Gasteiger partial charge in [-0.3, -0.25) is 23.7 Å². The van der Waals surface area contributed by atoms with E-state index in [-0.39, 0.29) is 17.8 Å². The lowest BCUT2D eigenvalue weighted by Crippen LogP contribution is -2.33. The zero-order valence-electron chi connectivity index (χ0n) is 19.3. The minimum atomic E-state index is -4.26. The number of nitrogens with one attached hydrogen (secondary N) is 1. The van der Waals surface area contributed by atoms with E-state index in [1.807, 2.05) is 36.0 Å². The van der Waals surface area contributed by atoms with Crippen molar-refractivity contribution in [3.63, 3.8) is 0 Å². The number of thiazole rings is 1. The van der Waals surface area contributed by atoms with E-state index in [1.165, 1.54) is 23.7 Å².